The quantitative estimate of drug-likeness (QED) is 0.885. The third-order valence-electron chi connectivity index (χ3n) is 2.92. The molecule has 0 fully saturated rings. The number of anilines is 1. The molecule has 1 amide bonds. The maximum Gasteiger partial charge on any atom is 0.256 e. The zero-order valence-corrected chi connectivity index (χ0v) is 12.4. The highest BCUT2D eigenvalue weighted by Crippen LogP contribution is 2.20. The van der Waals surface area contributed by atoms with Crippen LogP contribution in [0.25, 0.3) is 0 Å². The van der Waals surface area contributed by atoms with Crippen molar-refractivity contribution in [2.45, 2.75) is 20.4 Å². The summed E-state index contributed by atoms with van der Waals surface area (Å²) in [5, 5.41) is 0.937. The molecule has 2 aromatic rings. The van der Waals surface area contributed by atoms with E-state index in [1.54, 1.807) is 20.2 Å². The van der Waals surface area contributed by atoms with Crippen LogP contribution in [0.15, 0.2) is 18.3 Å². The van der Waals surface area contributed by atoms with Crippen molar-refractivity contribution in [3.8, 4) is 0 Å². The van der Waals surface area contributed by atoms with Gasteiger partial charge in [-0.25, -0.2) is 9.37 Å². The van der Waals surface area contributed by atoms with Crippen LogP contribution >= 0.6 is 11.3 Å². The van der Waals surface area contributed by atoms with Gasteiger partial charge in [-0.3, -0.25) is 4.79 Å². The van der Waals surface area contributed by atoms with Gasteiger partial charge in [-0.05, 0) is 31.5 Å². The maximum atomic E-state index is 14.0. The van der Waals surface area contributed by atoms with Crippen LogP contribution in [0.3, 0.4) is 0 Å². The average molecular weight is 293 g/mol. The Morgan fingerprint density at radius 2 is 2.15 bits per heavy atom. The Bertz CT molecular complexity index is 654. The first-order valence-corrected chi connectivity index (χ1v) is 6.92. The Morgan fingerprint density at radius 3 is 2.75 bits per heavy atom. The number of carbonyl (C=O) groups excluding carboxylic acids is 1. The molecule has 0 unspecified atom stereocenters. The molecular weight excluding hydrogens is 277 g/mol. The normalized spacial score (nSPS) is 10.6. The molecule has 6 heteroatoms. The molecule has 0 aliphatic rings. The van der Waals surface area contributed by atoms with Gasteiger partial charge in [0, 0.05) is 23.8 Å². The van der Waals surface area contributed by atoms with Gasteiger partial charge in [-0.2, -0.15) is 0 Å². The van der Waals surface area contributed by atoms with E-state index >= 15 is 0 Å². The van der Waals surface area contributed by atoms with Crippen LogP contribution in [-0.2, 0) is 6.54 Å². The second-order valence-electron chi connectivity index (χ2n) is 4.71. The molecule has 0 aliphatic carbocycles. The lowest BCUT2D eigenvalue weighted by Gasteiger charge is -2.17. The highest BCUT2D eigenvalue weighted by molar-refractivity contribution is 7.11. The molecule has 0 saturated heterocycles. The van der Waals surface area contributed by atoms with Gasteiger partial charge in [0.2, 0.25) is 0 Å². The zero-order valence-electron chi connectivity index (χ0n) is 11.6. The molecule has 1 aromatic heterocycles. The number of carbonyl (C=O) groups is 1. The van der Waals surface area contributed by atoms with Crippen molar-refractivity contribution in [3.63, 3.8) is 0 Å². The molecule has 1 heterocycles. The van der Waals surface area contributed by atoms with E-state index in [1.165, 1.54) is 28.4 Å². The number of hydrogen-bond donors (Lipinski definition) is 1. The van der Waals surface area contributed by atoms with Gasteiger partial charge in [-0.1, -0.05) is 0 Å². The van der Waals surface area contributed by atoms with Gasteiger partial charge < -0.3 is 10.6 Å². The molecular formula is C14H16FN3OS. The lowest BCUT2D eigenvalue weighted by atomic mass is 10.1. The molecule has 106 valence electrons. The molecule has 0 spiro atoms. The number of aromatic nitrogens is 1. The summed E-state index contributed by atoms with van der Waals surface area (Å²) in [5.41, 5.74) is 6.44. The van der Waals surface area contributed by atoms with E-state index in [0.717, 1.165) is 9.88 Å². The van der Waals surface area contributed by atoms with Crippen molar-refractivity contribution >= 4 is 22.9 Å². The smallest absolute Gasteiger partial charge is 0.256 e. The Labute approximate surface area is 121 Å². The van der Waals surface area contributed by atoms with Crippen LogP contribution in [0.2, 0.25) is 0 Å². The largest absolute Gasteiger partial charge is 0.399 e. The molecule has 1 aromatic carbocycles. The molecule has 0 atom stereocenters. The van der Waals surface area contributed by atoms with Crippen molar-refractivity contribution < 1.29 is 9.18 Å². The molecule has 20 heavy (non-hydrogen) atoms. The van der Waals surface area contributed by atoms with Gasteiger partial charge in [0.25, 0.3) is 5.91 Å². The summed E-state index contributed by atoms with van der Waals surface area (Å²) in [6.45, 7) is 3.89. The Balaban J connectivity index is 2.22. The fraction of sp³-hybridized carbons (Fsp3) is 0.286. The van der Waals surface area contributed by atoms with Gasteiger partial charge in [0.05, 0.1) is 17.1 Å². The minimum atomic E-state index is -0.517. The number of nitrogens with zero attached hydrogens (tertiary/aromatic N) is 2. The third-order valence-corrected chi connectivity index (χ3v) is 3.81. The number of nitrogen functional groups attached to an aromatic ring is 1. The van der Waals surface area contributed by atoms with E-state index in [4.69, 9.17) is 5.73 Å². The summed E-state index contributed by atoms with van der Waals surface area (Å²) in [7, 11) is 1.63. The molecule has 4 nitrogen and oxygen atoms in total. The molecule has 2 rings (SSSR count). The summed E-state index contributed by atoms with van der Waals surface area (Å²) >= 11 is 1.52. The SMILES string of the molecule is Cc1ncc(CN(C)C(=O)c2cc(N)cc(C)c2F)s1. The second kappa shape index (κ2) is 5.58. The molecule has 0 bridgehead atoms. The van der Waals surface area contributed by atoms with Crippen molar-refractivity contribution in [3.05, 3.63) is 45.2 Å². The summed E-state index contributed by atoms with van der Waals surface area (Å²) in [4.78, 5) is 18.9. The minimum Gasteiger partial charge on any atom is -0.399 e. The number of amides is 1. The topological polar surface area (TPSA) is 59.2 Å². The molecule has 2 N–H and O–H groups in total. The predicted octanol–water partition coefficient (Wildman–Crippen LogP) is 2.75. The monoisotopic (exact) mass is 293 g/mol. The number of halogens is 1. The van der Waals surface area contributed by atoms with E-state index in [2.05, 4.69) is 4.98 Å². The summed E-state index contributed by atoms with van der Waals surface area (Å²) in [6, 6.07) is 2.89. The second-order valence-corrected chi connectivity index (χ2v) is 6.03. The van der Waals surface area contributed by atoms with E-state index in [0.29, 0.717) is 17.8 Å². The molecule has 0 aliphatic heterocycles. The van der Waals surface area contributed by atoms with Crippen LogP contribution in [0.1, 0.15) is 25.8 Å². The van der Waals surface area contributed by atoms with E-state index in [1.807, 2.05) is 6.92 Å². The van der Waals surface area contributed by atoms with Crippen molar-refractivity contribution in [1.82, 2.24) is 9.88 Å². The lowest BCUT2D eigenvalue weighted by molar-refractivity contribution is 0.0781. The number of hydrogen-bond acceptors (Lipinski definition) is 4. The van der Waals surface area contributed by atoms with Gasteiger partial charge in [0.1, 0.15) is 5.82 Å². The fourth-order valence-electron chi connectivity index (χ4n) is 1.94. The zero-order chi connectivity index (χ0) is 14.9. The standard InChI is InChI=1S/C14H16FN3OS/c1-8-4-10(16)5-12(13(8)15)14(19)18(3)7-11-6-17-9(2)20-11/h4-6H,7,16H2,1-3H3. The molecule has 0 saturated carbocycles. The highest BCUT2D eigenvalue weighted by Gasteiger charge is 2.19. The van der Waals surface area contributed by atoms with Gasteiger partial charge >= 0.3 is 0 Å². The number of rotatable bonds is 3. The van der Waals surface area contributed by atoms with E-state index in [9.17, 15) is 9.18 Å². The first-order valence-electron chi connectivity index (χ1n) is 6.11. The first kappa shape index (κ1) is 14.5. The third kappa shape index (κ3) is 2.96. The minimum absolute atomic E-state index is 0.00578. The van der Waals surface area contributed by atoms with Crippen LogP contribution in [0.5, 0.6) is 0 Å². The van der Waals surface area contributed by atoms with Crippen LogP contribution in [0.4, 0.5) is 10.1 Å². The van der Waals surface area contributed by atoms with Crippen molar-refractivity contribution in [1.29, 1.82) is 0 Å². The number of benzene rings is 1. The van der Waals surface area contributed by atoms with E-state index < -0.39 is 5.82 Å². The number of thiazole rings is 1. The first-order chi connectivity index (χ1) is 9.38. The fourth-order valence-corrected chi connectivity index (χ4v) is 2.79. The summed E-state index contributed by atoms with van der Waals surface area (Å²) < 4.78 is 14.0. The lowest BCUT2D eigenvalue weighted by Crippen LogP contribution is -2.27. The van der Waals surface area contributed by atoms with Crippen LogP contribution < -0.4 is 5.73 Å². The molecule has 0 radical (unpaired) electrons. The summed E-state index contributed by atoms with van der Waals surface area (Å²) in [5.74, 6) is -0.902. The van der Waals surface area contributed by atoms with Crippen LogP contribution in [-0.4, -0.2) is 22.8 Å². The Morgan fingerprint density at radius 1 is 1.45 bits per heavy atom. The van der Waals surface area contributed by atoms with E-state index in [-0.39, 0.29) is 11.5 Å². The predicted molar refractivity (Wildman–Crippen MR) is 78.2 cm³/mol. The van der Waals surface area contributed by atoms with Crippen molar-refractivity contribution in [2.24, 2.45) is 0 Å². The van der Waals surface area contributed by atoms with Crippen LogP contribution in [0, 0.1) is 19.7 Å². The Kier molecular flexibility index (Phi) is 4.04. The Hall–Kier alpha value is -1.95. The summed E-state index contributed by atoms with van der Waals surface area (Å²) in [6.07, 6.45) is 1.73. The van der Waals surface area contributed by atoms with Gasteiger partial charge in [0.15, 0.2) is 0 Å². The average Bonchev–Trinajstić information content (AvgIpc) is 2.78. The highest BCUT2D eigenvalue weighted by atomic mass is 32.1. The number of nitrogens with two attached hydrogens (primary N) is 1. The maximum absolute atomic E-state index is 14.0. The number of aryl methyl sites for hydroxylation is 2. The van der Waals surface area contributed by atoms with Crippen molar-refractivity contribution in [2.75, 3.05) is 12.8 Å². The van der Waals surface area contributed by atoms with Gasteiger partial charge in [-0.15, -0.1) is 11.3 Å².